The van der Waals surface area contributed by atoms with Gasteiger partial charge in [0.1, 0.15) is 0 Å². The second kappa shape index (κ2) is 4.73. The summed E-state index contributed by atoms with van der Waals surface area (Å²) in [4.78, 5) is 12.1. The SMILES string of the molecule is Cc1c(Cl)ccc2sc(C)[n+](C(=O)NS(C)(=O)=O)c12. The summed E-state index contributed by atoms with van der Waals surface area (Å²) in [5.74, 6) is 0. The molecule has 5 nitrogen and oxygen atoms in total. The Morgan fingerprint density at radius 1 is 1.37 bits per heavy atom. The van der Waals surface area contributed by atoms with Gasteiger partial charge < -0.3 is 0 Å². The number of amides is 1. The van der Waals surface area contributed by atoms with E-state index in [4.69, 9.17) is 11.6 Å². The number of nitrogens with one attached hydrogen (secondary N) is 1. The molecule has 1 N–H and O–H groups in total. The van der Waals surface area contributed by atoms with E-state index in [2.05, 4.69) is 0 Å². The number of hydrogen-bond acceptors (Lipinski definition) is 4. The molecular formula is C11H12ClN2O3S2+. The van der Waals surface area contributed by atoms with Crippen LogP contribution in [0.1, 0.15) is 10.6 Å². The van der Waals surface area contributed by atoms with Gasteiger partial charge in [0.05, 0.1) is 11.0 Å². The van der Waals surface area contributed by atoms with Crippen molar-refractivity contribution in [3.63, 3.8) is 0 Å². The van der Waals surface area contributed by atoms with Crippen LogP contribution in [0.25, 0.3) is 10.2 Å². The first-order valence-corrected chi connectivity index (χ1v) is 8.41. The van der Waals surface area contributed by atoms with Crippen LogP contribution in [-0.2, 0) is 10.0 Å². The Hall–Kier alpha value is -1.18. The van der Waals surface area contributed by atoms with Crippen molar-refractivity contribution in [1.29, 1.82) is 0 Å². The lowest BCUT2D eigenvalue weighted by Gasteiger charge is -2.01. The van der Waals surface area contributed by atoms with E-state index < -0.39 is 16.1 Å². The van der Waals surface area contributed by atoms with Crippen LogP contribution in [-0.4, -0.2) is 20.7 Å². The summed E-state index contributed by atoms with van der Waals surface area (Å²) in [6.07, 6.45) is 0.940. The molecule has 0 atom stereocenters. The zero-order valence-electron chi connectivity index (χ0n) is 10.5. The van der Waals surface area contributed by atoms with E-state index in [1.54, 1.807) is 19.9 Å². The minimum atomic E-state index is -3.61. The highest BCUT2D eigenvalue weighted by atomic mass is 35.5. The molecule has 0 bridgehead atoms. The molecule has 2 aromatic rings. The quantitative estimate of drug-likeness (QED) is 0.817. The second-order valence-corrected chi connectivity index (χ2v) is 7.55. The van der Waals surface area contributed by atoms with Gasteiger partial charge in [0.25, 0.3) is 10.0 Å². The van der Waals surface area contributed by atoms with E-state index in [-0.39, 0.29) is 0 Å². The number of benzene rings is 1. The fourth-order valence-electron chi connectivity index (χ4n) is 1.82. The summed E-state index contributed by atoms with van der Waals surface area (Å²) in [6, 6.07) is 2.87. The maximum Gasteiger partial charge on any atom is 0.512 e. The number of rotatable bonds is 1. The third-order valence-corrected chi connectivity index (χ3v) is 4.58. The van der Waals surface area contributed by atoms with Gasteiger partial charge in [0, 0.05) is 17.5 Å². The average Bonchev–Trinajstić information content (AvgIpc) is 2.58. The van der Waals surface area contributed by atoms with Crippen LogP contribution in [0.5, 0.6) is 0 Å². The van der Waals surface area contributed by atoms with Crippen LogP contribution < -0.4 is 9.29 Å². The number of nitrogens with zero attached hydrogens (tertiary/aromatic N) is 1. The fourth-order valence-corrected chi connectivity index (χ4v) is 3.44. The van der Waals surface area contributed by atoms with Crippen LogP contribution in [0.4, 0.5) is 4.79 Å². The molecule has 1 heterocycles. The third kappa shape index (κ3) is 2.72. The van der Waals surface area contributed by atoms with E-state index in [1.165, 1.54) is 15.9 Å². The van der Waals surface area contributed by atoms with Gasteiger partial charge in [-0.05, 0) is 19.1 Å². The molecule has 0 saturated heterocycles. The van der Waals surface area contributed by atoms with E-state index in [0.717, 1.165) is 16.5 Å². The molecule has 0 fully saturated rings. The van der Waals surface area contributed by atoms with Gasteiger partial charge in [-0.1, -0.05) is 22.9 Å². The minimum Gasteiger partial charge on any atom is -0.195 e. The number of thiazole rings is 1. The van der Waals surface area contributed by atoms with E-state index in [0.29, 0.717) is 15.5 Å². The number of carbonyl (C=O) groups is 1. The zero-order valence-corrected chi connectivity index (χ0v) is 12.9. The number of sulfonamides is 1. The number of fused-ring (bicyclic) bond motifs is 1. The van der Waals surface area contributed by atoms with Gasteiger partial charge in [-0.25, -0.2) is 0 Å². The number of halogens is 1. The van der Waals surface area contributed by atoms with Crippen LogP contribution in [0.3, 0.4) is 0 Å². The first-order valence-electron chi connectivity index (χ1n) is 5.33. The molecule has 2 rings (SSSR count). The van der Waals surface area contributed by atoms with Gasteiger partial charge in [-0.15, -0.1) is 9.29 Å². The molecule has 0 aliphatic carbocycles. The summed E-state index contributed by atoms with van der Waals surface area (Å²) in [5.41, 5.74) is 1.38. The molecular weight excluding hydrogens is 308 g/mol. The molecule has 8 heteroatoms. The molecule has 0 spiro atoms. The van der Waals surface area contributed by atoms with Crippen molar-refractivity contribution in [2.75, 3.05) is 6.26 Å². The smallest absolute Gasteiger partial charge is 0.195 e. The summed E-state index contributed by atoms with van der Waals surface area (Å²) in [7, 11) is -3.61. The number of aromatic nitrogens is 1. The topological polar surface area (TPSA) is 67.1 Å². The van der Waals surface area contributed by atoms with E-state index in [1.807, 2.05) is 10.8 Å². The molecule has 0 saturated carbocycles. The summed E-state index contributed by atoms with van der Waals surface area (Å²) in [5, 5.41) is 1.22. The normalized spacial score (nSPS) is 11.8. The lowest BCUT2D eigenvalue weighted by Crippen LogP contribution is -2.52. The maximum atomic E-state index is 12.1. The Morgan fingerprint density at radius 3 is 2.58 bits per heavy atom. The van der Waals surface area contributed by atoms with Crippen LogP contribution >= 0.6 is 22.9 Å². The summed E-state index contributed by atoms with van der Waals surface area (Å²) in [6.45, 7) is 3.54. The number of hydrogen-bond donors (Lipinski definition) is 1. The molecule has 1 aromatic heterocycles. The minimum absolute atomic E-state index is 0.534. The first-order chi connectivity index (χ1) is 8.70. The van der Waals surface area contributed by atoms with Crippen molar-refractivity contribution in [2.45, 2.75) is 13.8 Å². The number of carbonyl (C=O) groups excluding carboxylic acids is 1. The fraction of sp³-hybridized carbons (Fsp3) is 0.273. The Morgan fingerprint density at radius 2 is 2.00 bits per heavy atom. The highest BCUT2D eigenvalue weighted by molar-refractivity contribution is 7.89. The monoisotopic (exact) mass is 319 g/mol. The van der Waals surface area contributed by atoms with Gasteiger partial charge in [-0.3, -0.25) is 0 Å². The molecule has 19 heavy (non-hydrogen) atoms. The van der Waals surface area contributed by atoms with Crippen LogP contribution in [0.2, 0.25) is 5.02 Å². The molecule has 1 amide bonds. The van der Waals surface area contributed by atoms with Crippen molar-refractivity contribution in [2.24, 2.45) is 0 Å². The van der Waals surface area contributed by atoms with E-state index in [9.17, 15) is 13.2 Å². The maximum absolute atomic E-state index is 12.1. The predicted octanol–water partition coefficient (Wildman–Crippen LogP) is 1.98. The molecule has 0 aliphatic rings. The Bertz CT molecular complexity index is 781. The lowest BCUT2D eigenvalue weighted by atomic mass is 10.2. The standard InChI is InChI=1S/C11H11ClN2O3S2/c1-6-8(12)4-5-9-10(6)14(7(2)18-9)11(15)13-19(3,16)17/h4-5H,1-3H3/p+1. The van der Waals surface area contributed by atoms with E-state index >= 15 is 0 Å². The van der Waals surface area contributed by atoms with Gasteiger partial charge >= 0.3 is 6.03 Å². The van der Waals surface area contributed by atoms with Gasteiger partial charge in [-0.2, -0.15) is 13.2 Å². The largest absolute Gasteiger partial charge is 0.512 e. The molecule has 0 aliphatic heterocycles. The average molecular weight is 320 g/mol. The Kier molecular flexibility index (Phi) is 3.55. The molecule has 1 aromatic carbocycles. The Balaban J connectivity index is 2.69. The molecule has 102 valence electrons. The van der Waals surface area contributed by atoms with Gasteiger partial charge in [0.2, 0.25) is 0 Å². The lowest BCUT2D eigenvalue weighted by molar-refractivity contribution is -0.544. The Labute approximate surface area is 119 Å². The first kappa shape index (κ1) is 14.2. The second-order valence-electron chi connectivity index (χ2n) is 4.15. The van der Waals surface area contributed by atoms with Crippen molar-refractivity contribution in [3.05, 3.63) is 27.7 Å². The zero-order chi connectivity index (χ0) is 14.4. The summed E-state index contributed by atoms with van der Waals surface area (Å²) < 4.78 is 26.5. The molecule has 0 radical (unpaired) electrons. The highest BCUT2D eigenvalue weighted by Gasteiger charge is 2.27. The van der Waals surface area contributed by atoms with Crippen LogP contribution in [0.15, 0.2) is 12.1 Å². The summed E-state index contributed by atoms with van der Waals surface area (Å²) >= 11 is 7.45. The predicted molar refractivity (Wildman–Crippen MR) is 75.3 cm³/mol. The highest BCUT2D eigenvalue weighted by Crippen LogP contribution is 2.27. The van der Waals surface area contributed by atoms with Crippen molar-refractivity contribution in [3.8, 4) is 0 Å². The van der Waals surface area contributed by atoms with Gasteiger partial charge in [0.15, 0.2) is 10.5 Å². The molecule has 0 unspecified atom stereocenters. The van der Waals surface area contributed by atoms with Crippen molar-refractivity contribution >= 4 is 49.2 Å². The number of aryl methyl sites for hydroxylation is 2. The third-order valence-electron chi connectivity index (χ3n) is 2.60. The van der Waals surface area contributed by atoms with Crippen molar-refractivity contribution < 1.29 is 17.8 Å². The van der Waals surface area contributed by atoms with Crippen molar-refractivity contribution in [1.82, 2.24) is 4.72 Å². The van der Waals surface area contributed by atoms with Crippen LogP contribution in [0, 0.1) is 13.8 Å².